The van der Waals surface area contributed by atoms with E-state index in [4.69, 9.17) is 0 Å². The Bertz CT molecular complexity index is 746. The van der Waals surface area contributed by atoms with Crippen LogP contribution in [0.25, 0.3) is 0 Å². The van der Waals surface area contributed by atoms with Crippen molar-refractivity contribution in [2.75, 3.05) is 11.9 Å². The third kappa shape index (κ3) is 4.49. The van der Waals surface area contributed by atoms with Gasteiger partial charge in [0, 0.05) is 16.1 Å². The first-order valence-electron chi connectivity index (χ1n) is 7.79. The molecule has 1 aromatic heterocycles. The number of amides is 1. The van der Waals surface area contributed by atoms with Gasteiger partial charge in [-0.15, -0.1) is 11.3 Å². The predicted molar refractivity (Wildman–Crippen MR) is 97.7 cm³/mol. The SMILES string of the molecule is CC(=O)c1cccc(NC(=O)CNC(C)(C)c2nc(C)c(C)s2)c1. The molecule has 0 aliphatic heterocycles. The molecule has 0 saturated heterocycles. The summed E-state index contributed by atoms with van der Waals surface area (Å²) in [4.78, 5) is 29.3. The van der Waals surface area contributed by atoms with Crippen LogP contribution in [-0.2, 0) is 10.3 Å². The molecule has 2 rings (SSSR count). The fraction of sp³-hybridized carbons (Fsp3) is 0.389. The lowest BCUT2D eigenvalue weighted by atomic mass is 10.1. The summed E-state index contributed by atoms with van der Waals surface area (Å²) in [6.45, 7) is 9.71. The molecular formula is C18H23N3O2S. The maximum atomic E-state index is 12.2. The number of ketones is 1. The van der Waals surface area contributed by atoms with Gasteiger partial charge in [0.1, 0.15) is 5.01 Å². The second kappa shape index (κ2) is 7.23. The molecule has 5 nitrogen and oxygen atoms in total. The lowest BCUT2D eigenvalue weighted by Gasteiger charge is -2.23. The van der Waals surface area contributed by atoms with Crippen molar-refractivity contribution >= 4 is 28.7 Å². The Morgan fingerprint density at radius 1 is 1.25 bits per heavy atom. The van der Waals surface area contributed by atoms with Crippen molar-refractivity contribution in [3.05, 3.63) is 45.4 Å². The van der Waals surface area contributed by atoms with E-state index in [1.807, 2.05) is 27.7 Å². The summed E-state index contributed by atoms with van der Waals surface area (Å²) in [7, 11) is 0. The van der Waals surface area contributed by atoms with Gasteiger partial charge in [0.2, 0.25) is 5.91 Å². The van der Waals surface area contributed by atoms with Gasteiger partial charge in [0.15, 0.2) is 5.78 Å². The average molecular weight is 345 g/mol. The zero-order valence-corrected chi connectivity index (χ0v) is 15.5. The summed E-state index contributed by atoms with van der Waals surface area (Å²) in [6.07, 6.45) is 0. The molecule has 0 fully saturated rings. The Kier molecular flexibility index (Phi) is 5.51. The van der Waals surface area contributed by atoms with Crippen molar-refractivity contribution in [2.24, 2.45) is 0 Å². The third-order valence-electron chi connectivity index (χ3n) is 3.81. The maximum absolute atomic E-state index is 12.2. The predicted octanol–water partition coefficient (Wildman–Crippen LogP) is 3.43. The Morgan fingerprint density at radius 3 is 2.54 bits per heavy atom. The number of hydrogen-bond donors (Lipinski definition) is 2. The highest BCUT2D eigenvalue weighted by atomic mass is 32.1. The molecule has 1 aromatic carbocycles. The highest BCUT2D eigenvalue weighted by Gasteiger charge is 2.25. The van der Waals surface area contributed by atoms with Crippen LogP contribution >= 0.6 is 11.3 Å². The van der Waals surface area contributed by atoms with Crippen LogP contribution in [0.3, 0.4) is 0 Å². The molecule has 0 saturated carbocycles. The number of carbonyl (C=O) groups excluding carboxylic acids is 2. The van der Waals surface area contributed by atoms with Gasteiger partial charge in [0.25, 0.3) is 0 Å². The molecule has 1 amide bonds. The van der Waals surface area contributed by atoms with E-state index >= 15 is 0 Å². The van der Waals surface area contributed by atoms with E-state index in [0.29, 0.717) is 11.3 Å². The Labute approximate surface area is 146 Å². The van der Waals surface area contributed by atoms with Crippen LogP contribution < -0.4 is 10.6 Å². The Morgan fingerprint density at radius 2 is 1.96 bits per heavy atom. The topological polar surface area (TPSA) is 71.1 Å². The molecular weight excluding hydrogens is 322 g/mol. The molecule has 0 unspecified atom stereocenters. The normalized spacial score (nSPS) is 11.4. The number of aromatic nitrogens is 1. The second-order valence-corrected chi connectivity index (χ2v) is 7.53. The van der Waals surface area contributed by atoms with Crippen molar-refractivity contribution in [1.82, 2.24) is 10.3 Å². The molecule has 6 heteroatoms. The number of hydrogen-bond acceptors (Lipinski definition) is 5. The van der Waals surface area contributed by atoms with Crippen LogP contribution in [0, 0.1) is 13.8 Å². The first-order valence-corrected chi connectivity index (χ1v) is 8.61. The molecule has 0 aliphatic carbocycles. The summed E-state index contributed by atoms with van der Waals surface area (Å²) in [6, 6.07) is 6.93. The summed E-state index contributed by atoms with van der Waals surface area (Å²) in [5, 5.41) is 7.01. The summed E-state index contributed by atoms with van der Waals surface area (Å²) in [5.41, 5.74) is 1.83. The van der Waals surface area contributed by atoms with Crippen LogP contribution in [0.1, 0.15) is 46.7 Å². The molecule has 0 radical (unpaired) electrons. The van der Waals surface area contributed by atoms with Crippen LogP contribution in [0.2, 0.25) is 0 Å². The largest absolute Gasteiger partial charge is 0.325 e. The van der Waals surface area contributed by atoms with E-state index in [-0.39, 0.29) is 23.8 Å². The second-order valence-electron chi connectivity index (χ2n) is 6.32. The van der Waals surface area contributed by atoms with Crippen molar-refractivity contribution < 1.29 is 9.59 Å². The summed E-state index contributed by atoms with van der Waals surface area (Å²) in [5.74, 6) is -0.186. The van der Waals surface area contributed by atoms with E-state index in [9.17, 15) is 9.59 Å². The molecule has 2 N–H and O–H groups in total. The van der Waals surface area contributed by atoms with E-state index in [2.05, 4.69) is 15.6 Å². The van der Waals surface area contributed by atoms with Gasteiger partial charge in [0.05, 0.1) is 17.8 Å². The van der Waals surface area contributed by atoms with E-state index in [1.165, 1.54) is 11.8 Å². The van der Waals surface area contributed by atoms with Crippen molar-refractivity contribution in [3.63, 3.8) is 0 Å². The molecule has 0 bridgehead atoms. The number of thiazole rings is 1. The van der Waals surface area contributed by atoms with Crippen LogP contribution in [0.4, 0.5) is 5.69 Å². The molecule has 0 aliphatic rings. The highest BCUT2D eigenvalue weighted by Crippen LogP contribution is 2.27. The molecule has 0 spiro atoms. The quantitative estimate of drug-likeness (QED) is 0.787. The number of nitrogens with zero attached hydrogens (tertiary/aromatic N) is 1. The van der Waals surface area contributed by atoms with Gasteiger partial charge in [-0.1, -0.05) is 12.1 Å². The zero-order chi connectivity index (χ0) is 17.9. The number of benzene rings is 1. The van der Waals surface area contributed by atoms with Gasteiger partial charge in [-0.2, -0.15) is 0 Å². The highest BCUT2D eigenvalue weighted by molar-refractivity contribution is 7.11. The van der Waals surface area contributed by atoms with E-state index in [1.54, 1.807) is 35.6 Å². The van der Waals surface area contributed by atoms with Gasteiger partial charge in [-0.3, -0.25) is 14.9 Å². The number of Topliss-reactive ketones (excluding diaryl/α,β-unsaturated/α-hetero) is 1. The molecule has 24 heavy (non-hydrogen) atoms. The number of aryl methyl sites for hydroxylation is 2. The lowest BCUT2D eigenvalue weighted by molar-refractivity contribution is -0.115. The fourth-order valence-electron chi connectivity index (χ4n) is 2.14. The number of rotatable bonds is 6. The monoisotopic (exact) mass is 345 g/mol. The number of anilines is 1. The van der Waals surface area contributed by atoms with Gasteiger partial charge in [-0.25, -0.2) is 4.98 Å². The summed E-state index contributed by atoms with van der Waals surface area (Å²) >= 11 is 1.64. The van der Waals surface area contributed by atoms with Gasteiger partial charge in [-0.05, 0) is 46.8 Å². The summed E-state index contributed by atoms with van der Waals surface area (Å²) < 4.78 is 0. The zero-order valence-electron chi connectivity index (χ0n) is 14.7. The van der Waals surface area contributed by atoms with Crippen molar-refractivity contribution in [1.29, 1.82) is 0 Å². The van der Waals surface area contributed by atoms with Crippen LogP contribution in [-0.4, -0.2) is 23.2 Å². The minimum Gasteiger partial charge on any atom is -0.325 e. The van der Waals surface area contributed by atoms with Gasteiger partial charge >= 0.3 is 0 Å². The molecule has 128 valence electrons. The van der Waals surface area contributed by atoms with E-state index < -0.39 is 0 Å². The molecule has 2 aromatic rings. The van der Waals surface area contributed by atoms with Crippen molar-refractivity contribution in [3.8, 4) is 0 Å². The minimum atomic E-state index is -0.387. The first-order chi connectivity index (χ1) is 11.2. The molecule has 0 atom stereocenters. The Hall–Kier alpha value is -2.05. The van der Waals surface area contributed by atoms with Crippen molar-refractivity contribution in [2.45, 2.75) is 40.2 Å². The van der Waals surface area contributed by atoms with Crippen LogP contribution in [0.15, 0.2) is 24.3 Å². The van der Waals surface area contributed by atoms with Crippen LogP contribution in [0.5, 0.6) is 0 Å². The average Bonchev–Trinajstić information content (AvgIpc) is 2.86. The minimum absolute atomic E-state index is 0.0279. The fourth-order valence-corrected chi connectivity index (χ4v) is 3.13. The standard InChI is InChI=1S/C18H23N3O2S/c1-11-13(3)24-17(20-11)18(4,5)19-10-16(23)21-15-8-6-7-14(9-15)12(2)22/h6-9,19H,10H2,1-5H3,(H,21,23). The number of carbonyl (C=O) groups is 2. The Balaban J connectivity index is 1.97. The lowest BCUT2D eigenvalue weighted by Crippen LogP contribution is -2.41. The molecule has 1 heterocycles. The van der Waals surface area contributed by atoms with E-state index in [0.717, 1.165) is 10.7 Å². The van der Waals surface area contributed by atoms with Gasteiger partial charge < -0.3 is 5.32 Å². The number of nitrogens with one attached hydrogen (secondary N) is 2. The smallest absolute Gasteiger partial charge is 0.238 e. The first kappa shape index (κ1) is 18.3. The third-order valence-corrected chi connectivity index (χ3v) is 5.20. The maximum Gasteiger partial charge on any atom is 0.238 e.